The van der Waals surface area contributed by atoms with Gasteiger partial charge in [0.2, 0.25) is 9.84 Å². The van der Waals surface area contributed by atoms with Crippen LogP contribution in [0.25, 0.3) is 10.7 Å². The van der Waals surface area contributed by atoms with Crippen molar-refractivity contribution in [1.82, 2.24) is 15.3 Å². The summed E-state index contributed by atoms with van der Waals surface area (Å²) in [7, 11) is -3.96. The van der Waals surface area contributed by atoms with Crippen LogP contribution in [-0.2, 0) is 16.4 Å². The molecule has 0 atom stereocenters. The summed E-state index contributed by atoms with van der Waals surface area (Å²) in [5, 5.41) is 16.9. The van der Waals surface area contributed by atoms with E-state index in [0.717, 1.165) is 4.88 Å². The number of rotatable bonds is 5. The number of anilines is 2. The highest BCUT2D eigenvalue weighted by atomic mass is 32.2. The van der Waals surface area contributed by atoms with E-state index in [2.05, 4.69) is 25.9 Å². The van der Waals surface area contributed by atoms with Gasteiger partial charge in [-0.1, -0.05) is 12.1 Å². The Labute approximate surface area is 214 Å². The van der Waals surface area contributed by atoms with Gasteiger partial charge in [0.05, 0.1) is 45.2 Å². The number of amides is 3. The van der Waals surface area contributed by atoms with Crippen LogP contribution in [0, 0.1) is 0 Å². The second-order valence-electron chi connectivity index (χ2n) is 7.84. The largest absolute Gasteiger partial charge is 0.465 e. The van der Waals surface area contributed by atoms with Gasteiger partial charge in [-0.25, -0.2) is 18.2 Å². The molecule has 186 valence electrons. The number of nitrogens with zero attached hydrogens (tertiary/aromatic N) is 2. The highest BCUT2D eigenvalue weighted by Gasteiger charge is 2.31. The van der Waals surface area contributed by atoms with E-state index >= 15 is 0 Å². The van der Waals surface area contributed by atoms with Crippen molar-refractivity contribution in [3.8, 4) is 10.7 Å². The van der Waals surface area contributed by atoms with E-state index < -0.39 is 27.7 Å². The monoisotopic (exact) mass is 535 g/mol. The van der Waals surface area contributed by atoms with Crippen LogP contribution in [0.2, 0.25) is 0 Å². The van der Waals surface area contributed by atoms with Crippen molar-refractivity contribution >= 4 is 50.5 Å². The Morgan fingerprint density at radius 1 is 1.00 bits per heavy atom. The first kappa shape index (κ1) is 24.1. The first-order valence-electron chi connectivity index (χ1n) is 10.7. The zero-order valence-corrected chi connectivity index (χ0v) is 20.4. The number of hydrogen-bond donors (Lipinski definition) is 4. The van der Waals surface area contributed by atoms with Gasteiger partial charge in [0.25, 0.3) is 11.8 Å². The number of benzene rings is 2. The highest BCUT2D eigenvalue weighted by molar-refractivity contribution is 7.91. The maximum absolute atomic E-state index is 13.1. The van der Waals surface area contributed by atoms with Crippen molar-refractivity contribution in [2.75, 3.05) is 10.6 Å². The van der Waals surface area contributed by atoms with E-state index in [1.807, 2.05) is 0 Å². The van der Waals surface area contributed by atoms with Gasteiger partial charge in [0.15, 0.2) is 0 Å². The molecule has 0 saturated carbocycles. The van der Waals surface area contributed by atoms with Crippen LogP contribution in [0.4, 0.5) is 16.2 Å². The average molecular weight is 536 g/mol. The molecule has 0 aliphatic carbocycles. The van der Waals surface area contributed by atoms with Crippen molar-refractivity contribution in [2.24, 2.45) is 0 Å². The predicted octanol–water partition coefficient (Wildman–Crippen LogP) is 3.62. The highest BCUT2D eigenvalue weighted by Crippen LogP contribution is 2.34. The smallest absolute Gasteiger partial charge is 0.409 e. The van der Waals surface area contributed by atoms with Gasteiger partial charge in [-0.2, -0.15) is 0 Å². The van der Waals surface area contributed by atoms with Gasteiger partial charge in [0, 0.05) is 16.6 Å². The minimum atomic E-state index is -3.96. The van der Waals surface area contributed by atoms with Crippen molar-refractivity contribution in [1.29, 1.82) is 0 Å². The molecular formula is C24H17N5O6S2. The zero-order valence-electron chi connectivity index (χ0n) is 18.8. The summed E-state index contributed by atoms with van der Waals surface area (Å²) < 4.78 is 26.2. The molecule has 37 heavy (non-hydrogen) atoms. The third-order valence-corrected chi connectivity index (χ3v) is 8.30. The summed E-state index contributed by atoms with van der Waals surface area (Å²) in [4.78, 5) is 45.2. The fourth-order valence-electron chi connectivity index (χ4n) is 3.69. The summed E-state index contributed by atoms with van der Waals surface area (Å²) in [6, 6.07) is 13.2. The van der Waals surface area contributed by atoms with E-state index in [-0.39, 0.29) is 33.2 Å². The quantitative estimate of drug-likeness (QED) is 0.300. The van der Waals surface area contributed by atoms with E-state index in [1.54, 1.807) is 30.5 Å². The number of sulfone groups is 1. The summed E-state index contributed by atoms with van der Waals surface area (Å²) in [5.41, 5.74) is 1.11. The summed E-state index contributed by atoms with van der Waals surface area (Å²) in [6.45, 7) is 0.155. The van der Waals surface area contributed by atoms with Crippen LogP contribution in [-0.4, -0.2) is 41.4 Å². The molecule has 5 rings (SSSR count). The molecule has 13 heteroatoms. The van der Waals surface area contributed by atoms with Crippen molar-refractivity contribution in [3.63, 3.8) is 0 Å². The minimum Gasteiger partial charge on any atom is -0.465 e. The van der Waals surface area contributed by atoms with E-state index in [1.165, 1.54) is 47.9 Å². The van der Waals surface area contributed by atoms with E-state index in [0.29, 0.717) is 16.4 Å². The molecule has 0 unspecified atom stereocenters. The van der Waals surface area contributed by atoms with Crippen LogP contribution in [0.5, 0.6) is 0 Å². The maximum Gasteiger partial charge on any atom is 0.409 e. The Bertz CT molecular complexity index is 1670. The Hall–Kier alpha value is -4.62. The Balaban J connectivity index is 1.30. The molecule has 0 radical (unpaired) electrons. The van der Waals surface area contributed by atoms with Gasteiger partial charge < -0.3 is 15.7 Å². The van der Waals surface area contributed by atoms with E-state index in [9.17, 15) is 22.8 Å². The number of carbonyl (C=O) groups excluding carboxylic acids is 2. The fourth-order valence-corrected chi connectivity index (χ4v) is 6.12. The molecule has 11 nitrogen and oxygen atoms in total. The first-order valence-corrected chi connectivity index (χ1v) is 13.0. The number of nitrogens with one attached hydrogen (secondary N) is 3. The lowest BCUT2D eigenvalue weighted by Gasteiger charge is -2.10. The second-order valence-corrected chi connectivity index (χ2v) is 10.8. The fraction of sp³-hybridized carbons (Fsp3) is 0.0417. The standard InChI is InChI=1S/C24H17N5O6S2/c30-21(26-11-15-12-27-23(36-15)17-7-6-14(10-25-17)28-24(32)33)13-5-8-20-18(9-13)29-22(31)16-3-1-2-4-19(16)37(20,34)35/h1-10,12,28H,11H2,(H,26,30)(H,29,31)(H,32,33). The Kier molecular flexibility index (Phi) is 6.15. The van der Waals surface area contributed by atoms with Crippen molar-refractivity contribution < 1.29 is 27.9 Å². The molecule has 0 bridgehead atoms. The van der Waals surface area contributed by atoms with Crippen molar-refractivity contribution in [3.05, 3.63) is 83.0 Å². The molecule has 3 amide bonds. The number of carbonyl (C=O) groups is 3. The molecule has 0 spiro atoms. The molecule has 1 aliphatic rings. The van der Waals surface area contributed by atoms with Gasteiger partial charge >= 0.3 is 6.09 Å². The van der Waals surface area contributed by atoms with Gasteiger partial charge in [0.1, 0.15) is 5.01 Å². The molecule has 0 saturated heterocycles. The third kappa shape index (κ3) is 4.77. The summed E-state index contributed by atoms with van der Waals surface area (Å²) >= 11 is 1.30. The van der Waals surface area contributed by atoms with Crippen molar-refractivity contribution in [2.45, 2.75) is 16.3 Å². The number of aromatic nitrogens is 2. The molecule has 2 aromatic heterocycles. The molecule has 2 aromatic carbocycles. The van der Waals surface area contributed by atoms with E-state index in [4.69, 9.17) is 5.11 Å². The number of hydrogen-bond acceptors (Lipinski definition) is 8. The Morgan fingerprint density at radius 3 is 2.57 bits per heavy atom. The number of pyridine rings is 1. The molecule has 0 fully saturated rings. The van der Waals surface area contributed by atoms with Gasteiger partial charge in [-0.3, -0.25) is 19.9 Å². The molecule has 1 aliphatic heterocycles. The lowest BCUT2D eigenvalue weighted by molar-refractivity contribution is 0.0949. The maximum atomic E-state index is 13.1. The van der Waals surface area contributed by atoms with Crippen LogP contribution < -0.4 is 16.0 Å². The number of carboxylic acid groups (broad SMARTS) is 1. The topological polar surface area (TPSA) is 167 Å². The van der Waals surface area contributed by atoms with Gasteiger partial charge in [-0.15, -0.1) is 11.3 Å². The Morgan fingerprint density at radius 2 is 1.81 bits per heavy atom. The number of fused-ring (bicyclic) bond motifs is 2. The molecule has 4 N–H and O–H groups in total. The minimum absolute atomic E-state index is 0.0286. The summed E-state index contributed by atoms with van der Waals surface area (Å²) in [6.07, 6.45) is 1.78. The van der Waals surface area contributed by atoms with Crippen LogP contribution in [0.15, 0.2) is 76.8 Å². The molecular weight excluding hydrogens is 518 g/mol. The van der Waals surface area contributed by atoms with Crippen LogP contribution in [0.3, 0.4) is 0 Å². The lowest BCUT2D eigenvalue weighted by atomic mass is 10.1. The van der Waals surface area contributed by atoms with Gasteiger partial charge in [-0.05, 0) is 42.5 Å². The molecule has 3 heterocycles. The van der Waals surface area contributed by atoms with Crippen LogP contribution in [0.1, 0.15) is 25.6 Å². The first-order chi connectivity index (χ1) is 17.7. The second kappa shape index (κ2) is 9.44. The normalized spacial score (nSPS) is 13.5. The number of thiazole rings is 1. The van der Waals surface area contributed by atoms with Crippen LogP contribution >= 0.6 is 11.3 Å². The zero-order chi connectivity index (χ0) is 26.2. The predicted molar refractivity (Wildman–Crippen MR) is 134 cm³/mol. The SMILES string of the molecule is O=C(O)Nc1ccc(-c2ncc(CNC(=O)c3ccc4c(c3)NC(=O)c3ccccc3S4(=O)=O)s2)nc1. The average Bonchev–Trinajstić information content (AvgIpc) is 3.33. The lowest BCUT2D eigenvalue weighted by Crippen LogP contribution is -2.22. The molecule has 4 aromatic rings. The summed E-state index contributed by atoms with van der Waals surface area (Å²) in [5.74, 6) is -1.04. The third-order valence-electron chi connectivity index (χ3n) is 5.41.